The molecule has 0 saturated heterocycles. The summed E-state index contributed by atoms with van der Waals surface area (Å²) < 4.78 is 0. The number of nitrogens with zero attached hydrogens (tertiary/aromatic N) is 2. The number of nitro groups is 1. The van der Waals surface area contributed by atoms with Gasteiger partial charge in [0, 0.05) is 11.8 Å². The van der Waals surface area contributed by atoms with Crippen LogP contribution in [-0.4, -0.2) is 9.91 Å². The topological polar surface area (TPSA) is 56.0 Å². The van der Waals surface area contributed by atoms with Gasteiger partial charge in [-0.2, -0.15) is 0 Å². The summed E-state index contributed by atoms with van der Waals surface area (Å²) in [6.45, 7) is 0. The van der Waals surface area contributed by atoms with Crippen molar-refractivity contribution in [2.45, 2.75) is 18.8 Å². The fraction of sp³-hybridized carbons (Fsp3) is 0.375. The summed E-state index contributed by atoms with van der Waals surface area (Å²) in [4.78, 5) is 13.9. The first-order chi connectivity index (χ1) is 5.79. The van der Waals surface area contributed by atoms with E-state index in [2.05, 4.69) is 4.98 Å². The van der Waals surface area contributed by atoms with Crippen LogP contribution in [0.5, 0.6) is 0 Å². The highest BCUT2D eigenvalue weighted by Crippen LogP contribution is 2.43. The van der Waals surface area contributed by atoms with Gasteiger partial charge >= 0.3 is 0 Å². The zero-order valence-electron chi connectivity index (χ0n) is 6.43. The molecule has 0 spiro atoms. The normalized spacial score (nSPS) is 16.0. The second kappa shape index (κ2) is 2.55. The second-order valence-electron chi connectivity index (χ2n) is 2.97. The largest absolute Gasteiger partial charge is 0.290 e. The lowest BCUT2D eigenvalue weighted by atomic mass is 10.1. The first kappa shape index (κ1) is 7.21. The van der Waals surface area contributed by atoms with Gasteiger partial charge in [0.05, 0.1) is 4.92 Å². The van der Waals surface area contributed by atoms with Crippen LogP contribution in [0, 0.1) is 10.1 Å². The molecule has 0 aliphatic heterocycles. The maximum Gasteiger partial charge on any atom is 0.290 e. The number of hydrogen-bond donors (Lipinski definition) is 0. The Balaban J connectivity index is 2.43. The fourth-order valence-electron chi connectivity index (χ4n) is 1.29. The Morgan fingerprint density at radius 2 is 2.33 bits per heavy atom. The molecule has 1 aromatic heterocycles. The highest BCUT2D eigenvalue weighted by molar-refractivity contribution is 5.41. The summed E-state index contributed by atoms with van der Waals surface area (Å²) in [6, 6.07) is 1.75. The quantitative estimate of drug-likeness (QED) is 0.495. The van der Waals surface area contributed by atoms with Crippen LogP contribution in [0.15, 0.2) is 18.5 Å². The highest BCUT2D eigenvalue weighted by atomic mass is 16.6. The van der Waals surface area contributed by atoms with E-state index in [-0.39, 0.29) is 10.6 Å². The summed E-state index contributed by atoms with van der Waals surface area (Å²) in [6.07, 6.45) is 5.09. The summed E-state index contributed by atoms with van der Waals surface area (Å²) in [7, 11) is 0. The van der Waals surface area contributed by atoms with Crippen LogP contribution in [0.3, 0.4) is 0 Å². The molecule has 1 heterocycles. The average Bonchev–Trinajstić information content (AvgIpc) is 2.87. The first-order valence-corrected chi connectivity index (χ1v) is 3.87. The van der Waals surface area contributed by atoms with E-state index in [9.17, 15) is 10.1 Å². The standard InChI is InChI=1S/C8H8N2O2/c11-10(12)8-5-9-4-3-7(8)6-1-2-6/h3-6H,1-2H2. The molecule has 1 fully saturated rings. The number of hydrogen-bond acceptors (Lipinski definition) is 3. The monoisotopic (exact) mass is 164 g/mol. The minimum Gasteiger partial charge on any atom is -0.258 e. The average molecular weight is 164 g/mol. The van der Waals surface area contributed by atoms with Gasteiger partial charge in [-0.05, 0) is 24.8 Å². The second-order valence-corrected chi connectivity index (χ2v) is 2.97. The van der Waals surface area contributed by atoms with Crippen molar-refractivity contribution in [2.24, 2.45) is 0 Å². The minimum atomic E-state index is -0.360. The molecule has 0 bridgehead atoms. The van der Waals surface area contributed by atoms with Crippen LogP contribution in [0.4, 0.5) is 5.69 Å². The predicted molar refractivity (Wildman–Crippen MR) is 42.9 cm³/mol. The molecule has 62 valence electrons. The van der Waals surface area contributed by atoms with Crippen LogP contribution in [-0.2, 0) is 0 Å². The maximum absolute atomic E-state index is 10.5. The maximum atomic E-state index is 10.5. The van der Waals surface area contributed by atoms with Crippen molar-refractivity contribution in [3.05, 3.63) is 34.1 Å². The lowest BCUT2D eigenvalue weighted by Crippen LogP contribution is -1.94. The van der Waals surface area contributed by atoms with Gasteiger partial charge in [-0.3, -0.25) is 15.1 Å². The molecule has 1 saturated carbocycles. The van der Waals surface area contributed by atoms with Gasteiger partial charge in [-0.15, -0.1) is 0 Å². The lowest BCUT2D eigenvalue weighted by Gasteiger charge is -1.97. The van der Waals surface area contributed by atoms with Gasteiger partial charge in [0.15, 0.2) is 0 Å². The fourth-order valence-corrected chi connectivity index (χ4v) is 1.29. The molecule has 0 unspecified atom stereocenters. The molecule has 1 aliphatic rings. The number of rotatable bonds is 2. The third kappa shape index (κ3) is 1.15. The van der Waals surface area contributed by atoms with E-state index in [1.165, 1.54) is 6.20 Å². The van der Waals surface area contributed by atoms with Gasteiger partial charge in [-0.1, -0.05) is 0 Å². The van der Waals surface area contributed by atoms with Gasteiger partial charge in [-0.25, -0.2) is 0 Å². The Hall–Kier alpha value is -1.45. The van der Waals surface area contributed by atoms with E-state index in [4.69, 9.17) is 0 Å². The third-order valence-electron chi connectivity index (χ3n) is 2.05. The van der Waals surface area contributed by atoms with Crippen LogP contribution in [0.2, 0.25) is 0 Å². The van der Waals surface area contributed by atoms with Crippen molar-refractivity contribution in [3.63, 3.8) is 0 Å². The molecule has 4 heteroatoms. The molecule has 1 aromatic rings. The minimum absolute atomic E-state index is 0.167. The summed E-state index contributed by atoms with van der Waals surface area (Å²) >= 11 is 0. The summed E-state index contributed by atoms with van der Waals surface area (Å²) in [5, 5.41) is 10.5. The van der Waals surface area contributed by atoms with Gasteiger partial charge < -0.3 is 0 Å². The van der Waals surface area contributed by atoms with E-state index in [1.807, 2.05) is 0 Å². The molecule has 0 amide bonds. The van der Waals surface area contributed by atoms with E-state index < -0.39 is 0 Å². The molecular weight excluding hydrogens is 156 g/mol. The van der Waals surface area contributed by atoms with Crippen molar-refractivity contribution in [1.82, 2.24) is 4.98 Å². The molecule has 2 rings (SSSR count). The molecule has 0 atom stereocenters. The third-order valence-corrected chi connectivity index (χ3v) is 2.05. The molecule has 4 nitrogen and oxygen atoms in total. The Bertz CT molecular complexity index is 321. The Morgan fingerprint density at radius 3 is 2.92 bits per heavy atom. The van der Waals surface area contributed by atoms with Crippen LogP contribution >= 0.6 is 0 Å². The van der Waals surface area contributed by atoms with Gasteiger partial charge in [0.1, 0.15) is 6.20 Å². The van der Waals surface area contributed by atoms with E-state index in [1.54, 1.807) is 12.3 Å². The predicted octanol–water partition coefficient (Wildman–Crippen LogP) is 1.87. The highest BCUT2D eigenvalue weighted by Gasteiger charge is 2.30. The van der Waals surface area contributed by atoms with Crippen molar-refractivity contribution < 1.29 is 4.92 Å². The van der Waals surface area contributed by atoms with E-state index in [0.717, 1.165) is 18.4 Å². The Labute approximate surface area is 69.4 Å². The van der Waals surface area contributed by atoms with Crippen molar-refractivity contribution in [3.8, 4) is 0 Å². The van der Waals surface area contributed by atoms with Gasteiger partial charge in [0.25, 0.3) is 5.69 Å². The van der Waals surface area contributed by atoms with E-state index >= 15 is 0 Å². The molecule has 0 aromatic carbocycles. The number of aromatic nitrogens is 1. The molecule has 0 N–H and O–H groups in total. The SMILES string of the molecule is O=[N+]([O-])c1cnccc1C1CC1. The summed E-state index contributed by atoms with van der Waals surface area (Å²) in [5.74, 6) is 0.411. The zero-order chi connectivity index (χ0) is 8.55. The molecule has 0 radical (unpaired) electrons. The van der Waals surface area contributed by atoms with Crippen molar-refractivity contribution in [1.29, 1.82) is 0 Å². The Morgan fingerprint density at radius 1 is 1.58 bits per heavy atom. The first-order valence-electron chi connectivity index (χ1n) is 3.87. The Kier molecular flexibility index (Phi) is 1.53. The molecular formula is C8H8N2O2. The van der Waals surface area contributed by atoms with Crippen LogP contribution in [0.25, 0.3) is 0 Å². The van der Waals surface area contributed by atoms with Crippen LogP contribution < -0.4 is 0 Å². The van der Waals surface area contributed by atoms with Crippen molar-refractivity contribution >= 4 is 5.69 Å². The van der Waals surface area contributed by atoms with Crippen LogP contribution in [0.1, 0.15) is 24.3 Å². The smallest absolute Gasteiger partial charge is 0.258 e. The zero-order valence-corrected chi connectivity index (χ0v) is 6.43. The number of pyridine rings is 1. The summed E-state index contributed by atoms with van der Waals surface area (Å²) in [5.41, 5.74) is 1.01. The van der Waals surface area contributed by atoms with Gasteiger partial charge in [0.2, 0.25) is 0 Å². The van der Waals surface area contributed by atoms with E-state index in [0.29, 0.717) is 5.92 Å². The molecule has 1 aliphatic carbocycles. The molecule has 12 heavy (non-hydrogen) atoms. The van der Waals surface area contributed by atoms with Crippen molar-refractivity contribution in [2.75, 3.05) is 0 Å². The lowest BCUT2D eigenvalue weighted by molar-refractivity contribution is -0.385.